The Kier molecular flexibility index (Phi) is 5.28. The van der Waals surface area contributed by atoms with Crippen molar-refractivity contribution in [3.63, 3.8) is 0 Å². The zero-order chi connectivity index (χ0) is 16.1. The summed E-state index contributed by atoms with van der Waals surface area (Å²) in [4.78, 5) is 26.2. The number of anilines is 1. The summed E-state index contributed by atoms with van der Waals surface area (Å²) in [5.74, 6) is 0.509. The number of rotatable bonds is 5. The average Bonchev–Trinajstić information content (AvgIpc) is 2.48. The lowest BCUT2D eigenvalue weighted by molar-refractivity contribution is -0.128. The first-order chi connectivity index (χ1) is 11.2. The number of nitrogens with one attached hydrogen (secondary N) is 2. The number of hydrogen-bond acceptors (Lipinski definition) is 3. The number of piperidine rings is 1. The van der Waals surface area contributed by atoms with Crippen LogP contribution >= 0.6 is 0 Å². The van der Waals surface area contributed by atoms with Gasteiger partial charge in [0.15, 0.2) is 0 Å². The molecule has 124 valence electrons. The summed E-state index contributed by atoms with van der Waals surface area (Å²) in [7, 11) is 0. The molecule has 2 aliphatic rings. The van der Waals surface area contributed by atoms with Crippen molar-refractivity contribution in [1.82, 2.24) is 10.2 Å². The second-order valence-electron chi connectivity index (χ2n) is 6.60. The van der Waals surface area contributed by atoms with Crippen LogP contribution < -0.4 is 10.6 Å². The van der Waals surface area contributed by atoms with Crippen molar-refractivity contribution >= 4 is 17.5 Å². The summed E-state index contributed by atoms with van der Waals surface area (Å²) in [5.41, 5.74) is 0.833. The molecule has 0 bridgehead atoms. The van der Waals surface area contributed by atoms with Crippen LogP contribution in [-0.4, -0.2) is 42.4 Å². The maximum absolute atomic E-state index is 12.1. The summed E-state index contributed by atoms with van der Waals surface area (Å²) in [6.07, 6.45) is 5.13. The molecule has 0 aromatic heterocycles. The predicted molar refractivity (Wildman–Crippen MR) is 90.0 cm³/mol. The van der Waals surface area contributed by atoms with E-state index in [0.29, 0.717) is 6.54 Å². The highest BCUT2D eigenvalue weighted by molar-refractivity contribution is 5.92. The Bertz CT molecular complexity index is 534. The van der Waals surface area contributed by atoms with Crippen LogP contribution in [0.4, 0.5) is 5.69 Å². The SMILES string of the molecule is O=C(CN1CCC(NC(=O)C2CCC2)CC1)Nc1ccccc1. The van der Waals surface area contributed by atoms with Gasteiger partial charge in [0.25, 0.3) is 0 Å². The molecule has 23 heavy (non-hydrogen) atoms. The molecule has 1 aliphatic carbocycles. The van der Waals surface area contributed by atoms with Gasteiger partial charge in [0.05, 0.1) is 6.54 Å². The molecule has 1 aromatic carbocycles. The molecule has 1 heterocycles. The van der Waals surface area contributed by atoms with Crippen LogP contribution in [0.3, 0.4) is 0 Å². The van der Waals surface area contributed by atoms with Crippen molar-refractivity contribution in [2.24, 2.45) is 5.92 Å². The lowest BCUT2D eigenvalue weighted by atomic mass is 9.84. The quantitative estimate of drug-likeness (QED) is 0.874. The number of amides is 2. The molecule has 2 amide bonds. The first kappa shape index (κ1) is 16.0. The monoisotopic (exact) mass is 315 g/mol. The summed E-state index contributed by atoms with van der Waals surface area (Å²) >= 11 is 0. The zero-order valence-electron chi connectivity index (χ0n) is 13.5. The third kappa shape index (κ3) is 4.55. The number of likely N-dealkylation sites (tertiary alicyclic amines) is 1. The molecule has 3 rings (SSSR count). The van der Waals surface area contributed by atoms with E-state index in [9.17, 15) is 9.59 Å². The number of carbonyl (C=O) groups is 2. The van der Waals surface area contributed by atoms with Gasteiger partial charge in [-0.25, -0.2) is 0 Å². The average molecular weight is 315 g/mol. The fourth-order valence-corrected chi connectivity index (χ4v) is 3.15. The number of nitrogens with zero attached hydrogens (tertiary/aromatic N) is 1. The summed E-state index contributed by atoms with van der Waals surface area (Å²) in [6, 6.07) is 9.80. The number of para-hydroxylation sites is 1. The zero-order valence-corrected chi connectivity index (χ0v) is 13.5. The van der Waals surface area contributed by atoms with Crippen molar-refractivity contribution in [3.05, 3.63) is 30.3 Å². The minimum absolute atomic E-state index is 0.0214. The van der Waals surface area contributed by atoms with Gasteiger partial charge in [-0.05, 0) is 37.8 Å². The van der Waals surface area contributed by atoms with Crippen LogP contribution in [0.15, 0.2) is 30.3 Å². The fraction of sp³-hybridized carbons (Fsp3) is 0.556. The number of benzene rings is 1. The third-order valence-corrected chi connectivity index (χ3v) is 4.83. The first-order valence-electron chi connectivity index (χ1n) is 8.58. The maximum Gasteiger partial charge on any atom is 0.238 e. The van der Waals surface area contributed by atoms with Gasteiger partial charge in [-0.15, -0.1) is 0 Å². The molecular formula is C18H25N3O2. The van der Waals surface area contributed by atoms with E-state index in [0.717, 1.165) is 44.5 Å². The van der Waals surface area contributed by atoms with E-state index in [-0.39, 0.29) is 23.8 Å². The first-order valence-corrected chi connectivity index (χ1v) is 8.58. The van der Waals surface area contributed by atoms with Gasteiger partial charge in [-0.3, -0.25) is 14.5 Å². The molecule has 1 aliphatic heterocycles. The van der Waals surface area contributed by atoms with E-state index in [1.165, 1.54) is 6.42 Å². The van der Waals surface area contributed by atoms with Crippen LogP contribution in [0.2, 0.25) is 0 Å². The van der Waals surface area contributed by atoms with Gasteiger partial charge in [0, 0.05) is 30.7 Å². The molecule has 2 fully saturated rings. The highest BCUT2D eigenvalue weighted by atomic mass is 16.2. The van der Waals surface area contributed by atoms with Crippen molar-refractivity contribution in [2.75, 3.05) is 25.0 Å². The Morgan fingerprint density at radius 2 is 1.74 bits per heavy atom. The summed E-state index contributed by atoms with van der Waals surface area (Å²) in [6.45, 7) is 2.13. The number of carbonyl (C=O) groups excluding carboxylic acids is 2. The standard InChI is InChI=1S/C18H25N3O2/c22-17(19-15-7-2-1-3-8-15)13-21-11-9-16(10-12-21)20-18(23)14-5-4-6-14/h1-3,7-8,14,16H,4-6,9-13H2,(H,19,22)(H,20,23). The van der Waals surface area contributed by atoms with Gasteiger partial charge >= 0.3 is 0 Å². The largest absolute Gasteiger partial charge is 0.353 e. The number of hydrogen-bond donors (Lipinski definition) is 2. The van der Waals surface area contributed by atoms with E-state index in [2.05, 4.69) is 15.5 Å². The van der Waals surface area contributed by atoms with Crippen molar-refractivity contribution < 1.29 is 9.59 Å². The van der Waals surface area contributed by atoms with E-state index in [1.807, 2.05) is 30.3 Å². The van der Waals surface area contributed by atoms with Crippen LogP contribution in [-0.2, 0) is 9.59 Å². The molecule has 2 N–H and O–H groups in total. The van der Waals surface area contributed by atoms with Crippen molar-refractivity contribution in [2.45, 2.75) is 38.1 Å². The highest BCUT2D eigenvalue weighted by Gasteiger charge is 2.28. The molecule has 1 aromatic rings. The normalized spacial score (nSPS) is 19.8. The van der Waals surface area contributed by atoms with Gasteiger partial charge < -0.3 is 10.6 Å². The minimum Gasteiger partial charge on any atom is -0.353 e. The molecule has 0 radical (unpaired) electrons. The minimum atomic E-state index is 0.0214. The molecule has 0 spiro atoms. The Labute approximate surface area is 137 Å². The van der Waals surface area contributed by atoms with E-state index < -0.39 is 0 Å². The third-order valence-electron chi connectivity index (χ3n) is 4.83. The van der Waals surface area contributed by atoms with Crippen LogP contribution in [0.5, 0.6) is 0 Å². The second kappa shape index (κ2) is 7.59. The van der Waals surface area contributed by atoms with Gasteiger partial charge in [-0.1, -0.05) is 24.6 Å². The molecule has 0 unspecified atom stereocenters. The van der Waals surface area contributed by atoms with E-state index >= 15 is 0 Å². The fourth-order valence-electron chi connectivity index (χ4n) is 3.15. The molecule has 5 nitrogen and oxygen atoms in total. The molecule has 1 saturated heterocycles. The van der Waals surface area contributed by atoms with E-state index in [4.69, 9.17) is 0 Å². The van der Waals surface area contributed by atoms with Crippen LogP contribution in [0.1, 0.15) is 32.1 Å². The molecule has 0 atom stereocenters. The van der Waals surface area contributed by atoms with Crippen LogP contribution in [0.25, 0.3) is 0 Å². The van der Waals surface area contributed by atoms with Crippen molar-refractivity contribution in [3.8, 4) is 0 Å². The van der Waals surface area contributed by atoms with Gasteiger partial charge in [0.1, 0.15) is 0 Å². The van der Waals surface area contributed by atoms with Crippen LogP contribution in [0, 0.1) is 5.92 Å². The smallest absolute Gasteiger partial charge is 0.238 e. The van der Waals surface area contributed by atoms with E-state index in [1.54, 1.807) is 0 Å². The molecule has 1 saturated carbocycles. The summed E-state index contributed by atoms with van der Waals surface area (Å²) < 4.78 is 0. The lowest BCUT2D eigenvalue weighted by Gasteiger charge is -2.33. The van der Waals surface area contributed by atoms with Crippen molar-refractivity contribution in [1.29, 1.82) is 0 Å². The van der Waals surface area contributed by atoms with Gasteiger partial charge in [0.2, 0.25) is 11.8 Å². The Morgan fingerprint density at radius 1 is 1.04 bits per heavy atom. The lowest BCUT2D eigenvalue weighted by Crippen LogP contribution is -2.48. The molecule has 5 heteroatoms. The maximum atomic E-state index is 12.1. The molecular weight excluding hydrogens is 290 g/mol. The predicted octanol–water partition coefficient (Wildman–Crippen LogP) is 2.01. The summed E-state index contributed by atoms with van der Waals surface area (Å²) in [5, 5.41) is 6.08. The Morgan fingerprint density at radius 3 is 2.35 bits per heavy atom. The Hall–Kier alpha value is -1.88. The topological polar surface area (TPSA) is 61.4 Å². The highest BCUT2D eigenvalue weighted by Crippen LogP contribution is 2.26. The van der Waals surface area contributed by atoms with Gasteiger partial charge in [-0.2, -0.15) is 0 Å². The second-order valence-corrected chi connectivity index (χ2v) is 6.60. The Balaban J connectivity index is 1.37.